The van der Waals surface area contributed by atoms with E-state index in [1.54, 1.807) is 0 Å². The van der Waals surface area contributed by atoms with Gasteiger partial charge in [-0.25, -0.2) is 0 Å². The third-order valence-corrected chi connectivity index (χ3v) is 9.67. The van der Waals surface area contributed by atoms with Crippen molar-refractivity contribution in [3.8, 4) is 11.1 Å². The van der Waals surface area contributed by atoms with E-state index in [0.29, 0.717) is 18.2 Å². The predicted octanol–water partition coefficient (Wildman–Crippen LogP) is 8.00. The number of ether oxygens (including phenoxy) is 2. The molecule has 0 unspecified atom stereocenters. The molecule has 4 aromatic carbocycles. The Kier molecular flexibility index (Phi) is 11.0. The highest BCUT2D eigenvalue weighted by Crippen LogP contribution is 2.42. The van der Waals surface area contributed by atoms with Gasteiger partial charge < -0.3 is 19.9 Å². The zero-order valence-electron chi connectivity index (χ0n) is 27.3. The summed E-state index contributed by atoms with van der Waals surface area (Å²) in [6.07, 6.45) is 6.33. The van der Waals surface area contributed by atoms with Gasteiger partial charge in [0.05, 0.1) is 18.8 Å². The SMILES string of the molecule is C=CCN(C[C@H]1O[C@@H](c2ccc(-c3cccc(CNC(=O)c4ccccc4)c3)cc2)O[C@@H](c2ccc(CO)cc2)[C@H]1C)C1CCCC1. The van der Waals surface area contributed by atoms with Crippen LogP contribution in [0.5, 0.6) is 0 Å². The summed E-state index contributed by atoms with van der Waals surface area (Å²) < 4.78 is 13.5. The first kappa shape index (κ1) is 32.9. The Bertz CT molecular complexity index is 1600. The van der Waals surface area contributed by atoms with Crippen LogP contribution in [0.4, 0.5) is 0 Å². The van der Waals surface area contributed by atoms with Crippen LogP contribution in [0.1, 0.15) is 77.6 Å². The molecule has 47 heavy (non-hydrogen) atoms. The van der Waals surface area contributed by atoms with Crippen LogP contribution in [0.3, 0.4) is 0 Å². The molecular formula is C41H46N2O4. The molecule has 0 radical (unpaired) electrons. The number of hydrogen-bond acceptors (Lipinski definition) is 5. The van der Waals surface area contributed by atoms with E-state index < -0.39 is 6.29 Å². The van der Waals surface area contributed by atoms with E-state index >= 15 is 0 Å². The lowest BCUT2D eigenvalue weighted by molar-refractivity contribution is -0.276. The van der Waals surface area contributed by atoms with E-state index in [4.69, 9.17) is 9.47 Å². The number of carbonyl (C=O) groups is 1. The standard InChI is InChI=1S/C41H46N2O4/c1-3-24-43(37-14-7-8-15-37)27-38-29(2)39(33-18-16-30(28-44)17-19-33)47-41(46-38)35-22-20-32(21-23-35)36-13-9-10-31(25-36)26-42-40(45)34-11-5-4-6-12-34/h3-6,9-13,16-23,25,29,37-39,41,44H,1,7-8,14-15,24,26-28H2,2H3,(H,42,45)/t29-,38+,39+,41+/m0/s1. The zero-order valence-corrected chi connectivity index (χ0v) is 27.3. The summed E-state index contributed by atoms with van der Waals surface area (Å²) in [6.45, 7) is 8.42. The van der Waals surface area contributed by atoms with Crippen molar-refractivity contribution in [2.24, 2.45) is 5.92 Å². The molecule has 6 rings (SSSR count). The molecule has 2 N–H and O–H groups in total. The van der Waals surface area contributed by atoms with E-state index in [-0.39, 0.29) is 30.6 Å². The number of nitrogens with one attached hydrogen (secondary N) is 1. The second-order valence-corrected chi connectivity index (χ2v) is 12.9. The average molecular weight is 631 g/mol. The molecule has 2 aliphatic rings. The number of aliphatic hydroxyl groups excluding tert-OH is 1. The van der Waals surface area contributed by atoms with Crippen molar-refractivity contribution in [2.45, 2.75) is 70.3 Å². The first-order chi connectivity index (χ1) is 23.0. The lowest BCUT2D eigenvalue weighted by Gasteiger charge is -2.43. The van der Waals surface area contributed by atoms with Crippen LogP contribution in [0.25, 0.3) is 11.1 Å². The van der Waals surface area contributed by atoms with Gasteiger partial charge in [-0.05, 0) is 58.9 Å². The van der Waals surface area contributed by atoms with Crippen molar-refractivity contribution in [3.63, 3.8) is 0 Å². The Morgan fingerprint density at radius 3 is 2.30 bits per heavy atom. The summed E-state index contributed by atoms with van der Waals surface area (Å²) in [5.74, 6) is 0.0447. The van der Waals surface area contributed by atoms with Gasteiger partial charge in [0.1, 0.15) is 0 Å². The Hall–Kier alpha value is -4.07. The van der Waals surface area contributed by atoms with Gasteiger partial charge in [-0.15, -0.1) is 6.58 Å². The molecule has 244 valence electrons. The maximum atomic E-state index is 12.6. The molecule has 2 fully saturated rings. The van der Waals surface area contributed by atoms with E-state index in [2.05, 4.69) is 72.3 Å². The van der Waals surface area contributed by atoms with Gasteiger partial charge in [-0.3, -0.25) is 9.69 Å². The van der Waals surface area contributed by atoms with E-state index in [9.17, 15) is 9.90 Å². The number of amides is 1. The van der Waals surface area contributed by atoms with E-state index in [0.717, 1.165) is 46.5 Å². The van der Waals surface area contributed by atoms with Gasteiger partial charge in [-0.2, -0.15) is 0 Å². The van der Waals surface area contributed by atoms with E-state index in [1.807, 2.05) is 60.7 Å². The Morgan fingerprint density at radius 1 is 0.872 bits per heavy atom. The van der Waals surface area contributed by atoms with Gasteiger partial charge in [0.15, 0.2) is 6.29 Å². The van der Waals surface area contributed by atoms with Crippen LogP contribution in [-0.2, 0) is 22.6 Å². The number of benzene rings is 4. The fourth-order valence-electron chi connectivity index (χ4n) is 6.93. The number of nitrogens with zero attached hydrogens (tertiary/aromatic N) is 1. The fourth-order valence-corrected chi connectivity index (χ4v) is 6.93. The monoisotopic (exact) mass is 630 g/mol. The third kappa shape index (κ3) is 8.09. The van der Waals surface area contributed by atoms with Crippen LogP contribution in [-0.4, -0.2) is 41.1 Å². The lowest BCUT2D eigenvalue weighted by Crippen LogP contribution is -2.47. The van der Waals surface area contributed by atoms with Crippen molar-refractivity contribution in [2.75, 3.05) is 13.1 Å². The normalized spacial score (nSPS) is 21.5. The average Bonchev–Trinajstić information content (AvgIpc) is 3.67. The Balaban J connectivity index is 1.19. The van der Waals surface area contributed by atoms with Gasteiger partial charge in [0, 0.05) is 42.7 Å². The molecule has 4 aromatic rings. The zero-order chi connectivity index (χ0) is 32.6. The molecule has 1 heterocycles. The maximum absolute atomic E-state index is 12.6. The first-order valence-corrected chi connectivity index (χ1v) is 16.9. The van der Waals surface area contributed by atoms with Gasteiger partial charge in [0.2, 0.25) is 0 Å². The molecule has 0 bridgehead atoms. The summed E-state index contributed by atoms with van der Waals surface area (Å²) in [5, 5.41) is 12.6. The smallest absolute Gasteiger partial charge is 0.251 e. The topological polar surface area (TPSA) is 71.0 Å². The summed E-state index contributed by atoms with van der Waals surface area (Å²) in [5.41, 5.74) is 6.81. The molecule has 1 aliphatic heterocycles. The van der Waals surface area contributed by atoms with Crippen molar-refractivity contribution >= 4 is 5.91 Å². The molecule has 0 aromatic heterocycles. The summed E-state index contributed by atoms with van der Waals surface area (Å²) in [4.78, 5) is 15.1. The number of carbonyl (C=O) groups excluding carboxylic acids is 1. The van der Waals surface area contributed by atoms with Crippen molar-refractivity contribution in [1.82, 2.24) is 10.2 Å². The van der Waals surface area contributed by atoms with Crippen LogP contribution >= 0.6 is 0 Å². The molecule has 6 nitrogen and oxygen atoms in total. The highest BCUT2D eigenvalue weighted by molar-refractivity contribution is 5.94. The maximum Gasteiger partial charge on any atom is 0.251 e. The molecule has 1 saturated heterocycles. The number of hydrogen-bond donors (Lipinski definition) is 2. The minimum absolute atomic E-state index is 0.0190. The lowest BCUT2D eigenvalue weighted by atomic mass is 9.89. The summed E-state index contributed by atoms with van der Waals surface area (Å²) >= 11 is 0. The van der Waals surface area contributed by atoms with Crippen molar-refractivity contribution in [1.29, 1.82) is 0 Å². The van der Waals surface area contributed by atoms with Crippen LogP contribution < -0.4 is 5.32 Å². The predicted molar refractivity (Wildman–Crippen MR) is 186 cm³/mol. The molecule has 1 saturated carbocycles. The van der Waals surface area contributed by atoms with Crippen LogP contribution in [0.2, 0.25) is 0 Å². The third-order valence-electron chi connectivity index (χ3n) is 9.67. The van der Waals surface area contributed by atoms with E-state index in [1.165, 1.54) is 25.7 Å². The highest BCUT2D eigenvalue weighted by Gasteiger charge is 2.40. The van der Waals surface area contributed by atoms with Crippen LogP contribution in [0, 0.1) is 5.92 Å². The first-order valence-electron chi connectivity index (χ1n) is 16.9. The summed E-state index contributed by atoms with van der Waals surface area (Å²) in [6, 6.07) is 34.6. The Labute approximate surface area is 279 Å². The van der Waals surface area contributed by atoms with Gasteiger partial charge in [-0.1, -0.05) is 111 Å². The fraction of sp³-hybridized carbons (Fsp3) is 0.341. The van der Waals surface area contributed by atoms with Gasteiger partial charge >= 0.3 is 0 Å². The molecule has 6 heteroatoms. The van der Waals surface area contributed by atoms with Crippen molar-refractivity contribution < 1.29 is 19.4 Å². The molecule has 4 atom stereocenters. The molecular weight excluding hydrogens is 584 g/mol. The molecule has 1 amide bonds. The molecule has 0 spiro atoms. The largest absolute Gasteiger partial charge is 0.392 e. The Morgan fingerprint density at radius 2 is 1.60 bits per heavy atom. The molecule has 1 aliphatic carbocycles. The van der Waals surface area contributed by atoms with Gasteiger partial charge in [0.25, 0.3) is 5.91 Å². The second kappa shape index (κ2) is 15.7. The van der Waals surface area contributed by atoms with Crippen LogP contribution in [0.15, 0.2) is 116 Å². The summed E-state index contributed by atoms with van der Waals surface area (Å²) in [7, 11) is 0. The van der Waals surface area contributed by atoms with Crippen molar-refractivity contribution in [3.05, 3.63) is 144 Å². The minimum Gasteiger partial charge on any atom is -0.392 e. The quantitative estimate of drug-likeness (QED) is 0.155. The highest BCUT2D eigenvalue weighted by atomic mass is 16.7. The number of aliphatic hydroxyl groups is 1. The number of rotatable bonds is 12. The second-order valence-electron chi connectivity index (χ2n) is 12.9. The minimum atomic E-state index is -0.513.